The minimum absolute atomic E-state index is 0.00375. The van der Waals surface area contributed by atoms with Crippen LogP contribution in [0.25, 0.3) is 11.3 Å². The molecule has 6 rings (SSSR count). The van der Waals surface area contributed by atoms with Crippen molar-refractivity contribution in [2.75, 3.05) is 37.6 Å². The van der Waals surface area contributed by atoms with Crippen LogP contribution in [-0.2, 0) is 14.8 Å². The first-order valence-electron chi connectivity index (χ1n) is 15.7. The molecule has 2 aromatic carbocycles. The van der Waals surface area contributed by atoms with E-state index in [4.69, 9.17) is 9.47 Å². The van der Waals surface area contributed by atoms with Gasteiger partial charge in [0.05, 0.1) is 29.8 Å². The molecule has 1 aliphatic carbocycles. The molecule has 2 aliphatic heterocycles. The zero-order chi connectivity index (χ0) is 31.9. The number of nitrogens with one attached hydrogen (secondary N) is 1. The lowest BCUT2D eigenvalue weighted by Gasteiger charge is -2.51. The molecule has 0 unspecified atom stereocenters. The molecule has 3 aromatic rings. The van der Waals surface area contributed by atoms with Gasteiger partial charge >= 0.3 is 0 Å². The molecule has 1 atom stereocenters. The standard InChI is InChI=1S/C34H43N5O5S/c1-22-8-6-9-23(2)31(22)29-19-30-36-33(35-29)37-45(41,42)28-11-7-10-24(16-28)32(40)39(27(21-44-30)20-34(3,4)5)26-17-25(18-26)38-12-14-43-15-13-38/h6-11,16,19,25-27H,12-15,17-18,20-21H2,1-5H3,(H,35,36,37)/t25?,26?,27-/m1/s1. The van der Waals surface area contributed by atoms with E-state index in [1.165, 1.54) is 12.1 Å². The van der Waals surface area contributed by atoms with Gasteiger partial charge in [-0.2, -0.15) is 4.98 Å². The number of hydrogen-bond acceptors (Lipinski definition) is 8. The Balaban J connectivity index is 1.43. The number of carbonyl (C=O) groups excluding carboxylic acids is 1. The Morgan fingerprint density at radius 3 is 2.33 bits per heavy atom. The van der Waals surface area contributed by atoms with Gasteiger partial charge in [0, 0.05) is 42.4 Å². The average Bonchev–Trinajstić information content (AvgIpc) is 2.96. The highest BCUT2D eigenvalue weighted by atomic mass is 32.2. The molecule has 3 aliphatic rings. The Bertz CT molecular complexity index is 1660. The van der Waals surface area contributed by atoms with E-state index in [1.54, 1.807) is 18.2 Å². The molecule has 1 N–H and O–H groups in total. The molecule has 0 spiro atoms. The van der Waals surface area contributed by atoms with Crippen LogP contribution in [0.5, 0.6) is 5.88 Å². The zero-order valence-corrected chi connectivity index (χ0v) is 27.6. The highest BCUT2D eigenvalue weighted by molar-refractivity contribution is 7.92. The van der Waals surface area contributed by atoms with Crippen LogP contribution in [0.1, 0.15) is 61.5 Å². The Hall–Kier alpha value is -3.54. The Labute approximate surface area is 266 Å². The maximum absolute atomic E-state index is 14.4. The number of amides is 1. The first kappa shape index (κ1) is 31.4. The maximum atomic E-state index is 14.4. The van der Waals surface area contributed by atoms with E-state index in [2.05, 4.69) is 40.4 Å². The SMILES string of the molecule is Cc1cccc(C)c1-c1cc2nc(n1)NS(=O)(=O)c1cccc(c1)C(=O)N(C1CC(N3CCOCC3)C1)[C@H](CC(C)(C)C)CO2. The number of hydrogen-bond donors (Lipinski definition) is 1. The van der Waals surface area contributed by atoms with E-state index < -0.39 is 10.0 Å². The monoisotopic (exact) mass is 633 g/mol. The lowest BCUT2D eigenvalue weighted by Crippen LogP contribution is -2.61. The molecule has 2 fully saturated rings. The number of ether oxygens (including phenoxy) is 2. The highest BCUT2D eigenvalue weighted by Gasteiger charge is 2.43. The topological polar surface area (TPSA) is 114 Å². The molecule has 1 aromatic heterocycles. The number of fused-ring (bicyclic) bond motifs is 4. The molecule has 1 saturated carbocycles. The van der Waals surface area contributed by atoms with Crippen LogP contribution < -0.4 is 9.46 Å². The van der Waals surface area contributed by atoms with Gasteiger partial charge < -0.3 is 14.4 Å². The molecule has 0 radical (unpaired) electrons. The van der Waals surface area contributed by atoms with Gasteiger partial charge in [0.15, 0.2) is 0 Å². The third kappa shape index (κ3) is 6.85. The summed E-state index contributed by atoms with van der Waals surface area (Å²) in [4.78, 5) is 27.9. The predicted octanol–water partition coefficient (Wildman–Crippen LogP) is 5.06. The summed E-state index contributed by atoms with van der Waals surface area (Å²) in [6.07, 6.45) is 2.38. The number of nitrogens with zero attached hydrogens (tertiary/aromatic N) is 4. The smallest absolute Gasteiger partial charge is 0.264 e. The van der Waals surface area contributed by atoms with Crippen LogP contribution in [0.4, 0.5) is 5.95 Å². The molecule has 45 heavy (non-hydrogen) atoms. The zero-order valence-electron chi connectivity index (χ0n) is 26.7. The summed E-state index contributed by atoms with van der Waals surface area (Å²) in [6, 6.07) is 14.1. The summed E-state index contributed by atoms with van der Waals surface area (Å²) in [5.41, 5.74) is 3.67. The Morgan fingerprint density at radius 2 is 1.64 bits per heavy atom. The third-order valence-corrected chi connectivity index (χ3v) is 10.3. The molecule has 1 saturated heterocycles. The summed E-state index contributed by atoms with van der Waals surface area (Å²) >= 11 is 0. The van der Waals surface area contributed by atoms with Crippen LogP contribution in [-0.4, -0.2) is 85.1 Å². The van der Waals surface area contributed by atoms with Crippen molar-refractivity contribution in [1.82, 2.24) is 19.8 Å². The quantitative estimate of drug-likeness (QED) is 0.424. The largest absolute Gasteiger partial charge is 0.475 e. The molecule has 240 valence electrons. The second-order valence-electron chi connectivity index (χ2n) is 13.7. The predicted molar refractivity (Wildman–Crippen MR) is 173 cm³/mol. The fourth-order valence-corrected chi connectivity index (χ4v) is 7.79. The van der Waals surface area contributed by atoms with Gasteiger partial charge in [-0.05, 0) is 67.9 Å². The molecule has 11 heteroatoms. The molecular weight excluding hydrogens is 590 g/mol. The van der Waals surface area contributed by atoms with Crippen molar-refractivity contribution in [3.63, 3.8) is 0 Å². The van der Waals surface area contributed by atoms with Crippen molar-refractivity contribution in [2.45, 2.75) is 76.9 Å². The van der Waals surface area contributed by atoms with Gasteiger partial charge in [0.25, 0.3) is 15.9 Å². The van der Waals surface area contributed by atoms with Crippen molar-refractivity contribution in [2.24, 2.45) is 5.41 Å². The van der Waals surface area contributed by atoms with Gasteiger partial charge in [0.1, 0.15) is 6.61 Å². The summed E-state index contributed by atoms with van der Waals surface area (Å²) in [7, 11) is -4.12. The Kier molecular flexibility index (Phi) is 8.62. The molecule has 10 nitrogen and oxygen atoms in total. The van der Waals surface area contributed by atoms with Gasteiger partial charge in [-0.25, -0.2) is 18.1 Å². The number of carbonyl (C=O) groups is 1. The summed E-state index contributed by atoms with van der Waals surface area (Å²) in [5.74, 6) is -0.0290. The van der Waals surface area contributed by atoms with E-state index in [1.807, 2.05) is 36.9 Å². The van der Waals surface area contributed by atoms with Crippen molar-refractivity contribution in [1.29, 1.82) is 0 Å². The van der Waals surface area contributed by atoms with Crippen LogP contribution >= 0.6 is 0 Å². The average molecular weight is 634 g/mol. The van der Waals surface area contributed by atoms with E-state index in [9.17, 15) is 13.2 Å². The van der Waals surface area contributed by atoms with E-state index in [0.29, 0.717) is 23.7 Å². The van der Waals surface area contributed by atoms with Crippen LogP contribution in [0.3, 0.4) is 0 Å². The second-order valence-corrected chi connectivity index (χ2v) is 15.4. The van der Waals surface area contributed by atoms with Gasteiger partial charge in [0.2, 0.25) is 11.8 Å². The van der Waals surface area contributed by atoms with Crippen molar-refractivity contribution in [3.05, 3.63) is 65.2 Å². The lowest BCUT2D eigenvalue weighted by molar-refractivity contribution is -0.0398. The fraction of sp³-hybridized carbons (Fsp3) is 0.500. The van der Waals surface area contributed by atoms with E-state index >= 15 is 0 Å². The number of aryl methyl sites for hydroxylation is 2. The van der Waals surface area contributed by atoms with Crippen LogP contribution in [0.2, 0.25) is 0 Å². The van der Waals surface area contributed by atoms with Crippen molar-refractivity contribution in [3.8, 4) is 17.1 Å². The number of morpholine rings is 1. The number of aromatic nitrogens is 2. The summed E-state index contributed by atoms with van der Waals surface area (Å²) < 4.78 is 41.8. The van der Waals surface area contributed by atoms with Crippen molar-refractivity contribution >= 4 is 21.9 Å². The summed E-state index contributed by atoms with van der Waals surface area (Å²) in [5, 5.41) is 0. The lowest BCUT2D eigenvalue weighted by atomic mass is 9.80. The fourth-order valence-electron chi connectivity index (χ4n) is 6.80. The number of rotatable bonds is 4. The highest BCUT2D eigenvalue weighted by Crippen LogP contribution is 2.37. The normalized spacial score (nSPS) is 23.9. The van der Waals surface area contributed by atoms with Gasteiger partial charge in [-0.3, -0.25) is 9.69 Å². The van der Waals surface area contributed by atoms with Crippen LogP contribution in [0.15, 0.2) is 53.4 Å². The van der Waals surface area contributed by atoms with Crippen LogP contribution in [0, 0.1) is 19.3 Å². The Morgan fingerprint density at radius 1 is 0.956 bits per heavy atom. The molecule has 3 heterocycles. The van der Waals surface area contributed by atoms with Gasteiger partial charge in [-0.15, -0.1) is 0 Å². The molecular formula is C34H43N5O5S. The minimum atomic E-state index is -4.12. The second kappa shape index (κ2) is 12.3. The van der Waals surface area contributed by atoms with Gasteiger partial charge in [-0.1, -0.05) is 45.0 Å². The number of benzene rings is 2. The summed E-state index contributed by atoms with van der Waals surface area (Å²) in [6.45, 7) is 13.9. The number of anilines is 1. The van der Waals surface area contributed by atoms with E-state index in [-0.39, 0.29) is 46.7 Å². The first-order valence-corrected chi connectivity index (χ1v) is 17.2. The van der Waals surface area contributed by atoms with Crippen molar-refractivity contribution < 1.29 is 22.7 Å². The number of sulfonamides is 1. The molecule has 1 amide bonds. The first-order chi connectivity index (χ1) is 21.4. The third-order valence-electron chi connectivity index (χ3n) is 9.00. The minimum Gasteiger partial charge on any atom is -0.475 e. The molecule has 4 bridgehead atoms. The van der Waals surface area contributed by atoms with E-state index in [0.717, 1.165) is 55.8 Å². The maximum Gasteiger partial charge on any atom is 0.264 e.